The summed E-state index contributed by atoms with van der Waals surface area (Å²) in [5.41, 5.74) is 5.83. The van der Waals surface area contributed by atoms with E-state index in [1.54, 1.807) is 0 Å². The van der Waals surface area contributed by atoms with Crippen LogP contribution in [-0.2, 0) is 4.79 Å². The Labute approximate surface area is 104 Å². The average molecular weight is 239 g/mol. The Morgan fingerprint density at radius 1 is 1.41 bits per heavy atom. The lowest BCUT2D eigenvalue weighted by Crippen LogP contribution is -2.42. The van der Waals surface area contributed by atoms with E-state index in [4.69, 9.17) is 5.73 Å². The third-order valence-corrected chi connectivity index (χ3v) is 4.18. The number of hydrogen-bond acceptors (Lipinski definition) is 3. The summed E-state index contributed by atoms with van der Waals surface area (Å²) in [4.78, 5) is 14.4. The van der Waals surface area contributed by atoms with Crippen LogP contribution in [0.15, 0.2) is 0 Å². The van der Waals surface area contributed by atoms with E-state index in [2.05, 4.69) is 17.1 Å². The molecule has 1 aliphatic carbocycles. The van der Waals surface area contributed by atoms with Crippen molar-refractivity contribution in [2.75, 3.05) is 19.6 Å². The molecule has 2 fully saturated rings. The van der Waals surface area contributed by atoms with Crippen LogP contribution in [0.3, 0.4) is 0 Å². The van der Waals surface area contributed by atoms with Gasteiger partial charge in [-0.15, -0.1) is 0 Å². The average Bonchev–Trinajstić information content (AvgIpc) is 2.95. The second-order valence-corrected chi connectivity index (χ2v) is 5.61. The molecule has 0 aromatic heterocycles. The van der Waals surface area contributed by atoms with Crippen LogP contribution in [0.1, 0.15) is 39.0 Å². The molecule has 1 saturated heterocycles. The molecule has 1 heterocycles. The molecule has 1 aliphatic heterocycles. The van der Waals surface area contributed by atoms with Gasteiger partial charge in [-0.05, 0) is 52.1 Å². The highest BCUT2D eigenvalue weighted by Gasteiger charge is 2.28. The van der Waals surface area contributed by atoms with Crippen LogP contribution in [0.5, 0.6) is 0 Å². The summed E-state index contributed by atoms with van der Waals surface area (Å²) in [6.07, 6.45) is 5.43. The van der Waals surface area contributed by atoms with Gasteiger partial charge in [-0.3, -0.25) is 9.69 Å². The number of nitrogens with two attached hydrogens (primary N) is 1. The summed E-state index contributed by atoms with van der Waals surface area (Å²) in [6.45, 7) is 5.35. The van der Waals surface area contributed by atoms with Gasteiger partial charge < -0.3 is 11.1 Å². The van der Waals surface area contributed by atoms with Crippen molar-refractivity contribution in [3.63, 3.8) is 0 Å². The number of nitrogens with zero attached hydrogens (tertiary/aromatic N) is 1. The van der Waals surface area contributed by atoms with Crippen molar-refractivity contribution in [1.29, 1.82) is 0 Å². The van der Waals surface area contributed by atoms with Crippen LogP contribution in [0.2, 0.25) is 0 Å². The van der Waals surface area contributed by atoms with Crippen LogP contribution in [0.4, 0.5) is 0 Å². The number of carbonyl (C=O) groups is 1. The van der Waals surface area contributed by atoms with E-state index in [9.17, 15) is 4.79 Å². The van der Waals surface area contributed by atoms with E-state index < -0.39 is 0 Å². The number of carbonyl (C=O) groups excluding carboxylic acids is 1. The molecule has 3 N–H and O–H groups in total. The Hall–Kier alpha value is -0.610. The number of amides is 1. The van der Waals surface area contributed by atoms with E-state index >= 15 is 0 Å². The van der Waals surface area contributed by atoms with Gasteiger partial charge in [0.05, 0.1) is 0 Å². The van der Waals surface area contributed by atoms with Crippen molar-refractivity contribution >= 4 is 5.91 Å². The summed E-state index contributed by atoms with van der Waals surface area (Å²) in [5, 5.41) is 3.09. The van der Waals surface area contributed by atoms with E-state index in [0.29, 0.717) is 6.04 Å². The van der Waals surface area contributed by atoms with Gasteiger partial charge in [0.1, 0.15) is 0 Å². The summed E-state index contributed by atoms with van der Waals surface area (Å²) < 4.78 is 0. The highest BCUT2D eigenvalue weighted by Crippen LogP contribution is 2.24. The fraction of sp³-hybridized carbons (Fsp3) is 0.923. The lowest BCUT2D eigenvalue weighted by Gasteiger charge is -2.24. The van der Waals surface area contributed by atoms with Gasteiger partial charge >= 0.3 is 0 Å². The quantitative estimate of drug-likeness (QED) is 0.760. The molecule has 1 saturated carbocycles. The zero-order chi connectivity index (χ0) is 12.3. The normalized spacial score (nSPS) is 31.6. The van der Waals surface area contributed by atoms with Gasteiger partial charge in [0.15, 0.2) is 0 Å². The molecule has 17 heavy (non-hydrogen) atoms. The first kappa shape index (κ1) is 12.8. The maximum absolute atomic E-state index is 11.9. The first-order chi connectivity index (χ1) is 8.16. The van der Waals surface area contributed by atoms with Crippen LogP contribution in [0, 0.1) is 5.92 Å². The van der Waals surface area contributed by atoms with Gasteiger partial charge in [0, 0.05) is 24.5 Å². The van der Waals surface area contributed by atoms with Crippen molar-refractivity contribution < 1.29 is 4.79 Å². The van der Waals surface area contributed by atoms with Crippen LogP contribution >= 0.6 is 0 Å². The van der Waals surface area contributed by atoms with Crippen molar-refractivity contribution in [2.24, 2.45) is 11.7 Å². The summed E-state index contributed by atoms with van der Waals surface area (Å²) in [5.74, 6) is 0.375. The lowest BCUT2D eigenvalue weighted by atomic mass is 10.1. The van der Waals surface area contributed by atoms with Gasteiger partial charge in [0.25, 0.3) is 0 Å². The number of nitrogens with one attached hydrogen (secondary N) is 1. The van der Waals surface area contributed by atoms with Crippen molar-refractivity contribution in [2.45, 2.75) is 51.1 Å². The molecule has 3 atom stereocenters. The predicted molar refractivity (Wildman–Crippen MR) is 68.6 cm³/mol. The molecule has 2 rings (SSSR count). The maximum atomic E-state index is 11.9. The molecule has 0 bridgehead atoms. The van der Waals surface area contributed by atoms with Crippen molar-refractivity contribution in [1.82, 2.24) is 10.2 Å². The molecule has 2 aliphatic rings. The molecular formula is C13H25N3O. The Morgan fingerprint density at radius 2 is 2.12 bits per heavy atom. The number of hydrogen-bond donors (Lipinski definition) is 2. The fourth-order valence-corrected chi connectivity index (χ4v) is 2.96. The maximum Gasteiger partial charge on any atom is 0.223 e. The van der Waals surface area contributed by atoms with Crippen LogP contribution in [0.25, 0.3) is 0 Å². The van der Waals surface area contributed by atoms with Crippen LogP contribution in [-0.4, -0.2) is 42.5 Å². The first-order valence-electron chi connectivity index (χ1n) is 6.94. The minimum atomic E-state index is 0.163. The van der Waals surface area contributed by atoms with E-state index in [1.807, 2.05) is 0 Å². The topological polar surface area (TPSA) is 58.4 Å². The SMILES string of the molecule is CC(CNC(=O)C1CCC(N)C1)N1CCCC1. The minimum Gasteiger partial charge on any atom is -0.354 e. The third kappa shape index (κ3) is 3.42. The minimum absolute atomic E-state index is 0.163. The number of likely N-dealkylation sites (tertiary alicyclic amines) is 1. The second kappa shape index (κ2) is 5.83. The van der Waals surface area contributed by atoms with Crippen LogP contribution < -0.4 is 11.1 Å². The molecule has 4 heteroatoms. The summed E-state index contributed by atoms with van der Waals surface area (Å²) in [6, 6.07) is 0.707. The molecule has 0 aromatic rings. The molecule has 1 amide bonds. The fourth-order valence-electron chi connectivity index (χ4n) is 2.96. The molecule has 98 valence electrons. The third-order valence-electron chi connectivity index (χ3n) is 4.18. The second-order valence-electron chi connectivity index (χ2n) is 5.61. The molecular weight excluding hydrogens is 214 g/mol. The van der Waals surface area contributed by atoms with Crippen molar-refractivity contribution in [3.8, 4) is 0 Å². The van der Waals surface area contributed by atoms with Gasteiger partial charge in [-0.1, -0.05) is 0 Å². The molecule has 0 spiro atoms. The smallest absolute Gasteiger partial charge is 0.223 e. The van der Waals surface area contributed by atoms with Gasteiger partial charge in [-0.25, -0.2) is 0 Å². The molecule has 3 unspecified atom stereocenters. The van der Waals surface area contributed by atoms with E-state index in [1.165, 1.54) is 25.9 Å². The van der Waals surface area contributed by atoms with Gasteiger partial charge in [-0.2, -0.15) is 0 Å². The molecule has 0 aromatic carbocycles. The Bertz CT molecular complexity index is 263. The lowest BCUT2D eigenvalue weighted by molar-refractivity contribution is -0.125. The standard InChI is InChI=1S/C13H25N3O/c1-10(16-6-2-3-7-16)9-15-13(17)11-4-5-12(14)8-11/h10-12H,2-9,14H2,1H3,(H,15,17). The molecule has 0 radical (unpaired) electrons. The zero-order valence-electron chi connectivity index (χ0n) is 10.8. The van der Waals surface area contributed by atoms with E-state index in [-0.39, 0.29) is 17.9 Å². The van der Waals surface area contributed by atoms with Gasteiger partial charge in [0.2, 0.25) is 5.91 Å². The van der Waals surface area contributed by atoms with E-state index in [0.717, 1.165) is 25.8 Å². The Kier molecular flexibility index (Phi) is 4.40. The summed E-state index contributed by atoms with van der Waals surface area (Å²) in [7, 11) is 0. The highest BCUT2D eigenvalue weighted by atomic mass is 16.1. The Morgan fingerprint density at radius 3 is 2.71 bits per heavy atom. The zero-order valence-corrected chi connectivity index (χ0v) is 10.8. The Balaban J connectivity index is 1.68. The monoisotopic (exact) mass is 239 g/mol. The predicted octanol–water partition coefficient (Wildman–Crippen LogP) is 0.714. The number of rotatable bonds is 4. The highest BCUT2D eigenvalue weighted by molar-refractivity contribution is 5.79. The largest absolute Gasteiger partial charge is 0.354 e. The molecule has 4 nitrogen and oxygen atoms in total. The first-order valence-corrected chi connectivity index (χ1v) is 6.94. The summed E-state index contributed by atoms with van der Waals surface area (Å²) >= 11 is 0. The van der Waals surface area contributed by atoms with Crippen molar-refractivity contribution in [3.05, 3.63) is 0 Å².